The van der Waals surface area contributed by atoms with E-state index in [0.717, 1.165) is 18.8 Å². The second kappa shape index (κ2) is 5.76. The van der Waals surface area contributed by atoms with Gasteiger partial charge in [0.25, 0.3) is 0 Å². The molecule has 1 aliphatic heterocycles. The first kappa shape index (κ1) is 12.7. The lowest BCUT2D eigenvalue weighted by atomic mass is 10.2. The number of carboxylic acids is 1. The van der Waals surface area contributed by atoms with Gasteiger partial charge >= 0.3 is 5.97 Å². The van der Waals surface area contributed by atoms with Gasteiger partial charge < -0.3 is 15.3 Å². The Morgan fingerprint density at radius 2 is 2.17 bits per heavy atom. The van der Waals surface area contributed by atoms with Crippen LogP contribution in [-0.4, -0.2) is 30.2 Å². The molecule has 0 aromatic heterocycles. The Morgan fingerprint density at radius 1 is 1.44 bits per heavy atom. The number of carboxylic acid groups (broad SMARTS) is 1. The molecule has 1 atom stereocenters. The maximum atomic E-state index is 11.0. The molecule has 0 bridgehead atoms. The van der Waals surface area contributed by atoms with Crippen LogP contribution >= 0.6 is 0 Å². The molecule has 0 amide bonds. The molecule has 1 aromatic carbocycles. The highest BCUT2D eigenvalue weighted by Gasteiger charge is 2.16. The molecule has 0 aliphatic carbocycles. The summed E-state index contributed by atoms with van der Waals surface area (Å²) in [5, 5.41) is 12.1. The Labute approximate surface area is 108 Å². The molecular weight excluding hydrogens is 228 g/mol. The number of benzene rings is 1. The van der Waals surface area contributed by atoms with Crippen LogP contribution in [0.2, 0.25) is 0 Å². The van der Waals surface area contributed by atoms with Gasteiger partial charge in [0.1, 0.15) is 6.04 Å². The lowest BCUT2D eigenvalue weighted by Crippen LogP contribution is -2.28. The first-order chi connectivity index (χ1) is 8.70. The van der Waals surface area contributed by atoms with E-state index in [0.29, 0.717) is 6.42 Å². The van der Waals surface area contributed by atoms with Gasteiger partial charge in [-0.15, -0.1) is 0 Å². The molecule has 1 heterocycles. The van der Waals surface area contributed by atoms with Crippen LogP contribution in [-0.2, 0) is 4.79 Å². The van der Waals surface area contributed by atoms with Crippen molar-refractivity contribution in [2.45, 2.75) is 32.2 Å². The summed E-state index contributed by atoms with van der Waals surface area (Å²) in [4.78, 5) is 13.3. The fraction of sp³-hybridized carbons (Fsp3) is 0.500. The molecular formula is C14H20N2O2. The van der Waals surface area contributed by atoms with Gasteiger partial charge in [0.2, 0.25) is 0 Å². The predicted octanol–water partition coefficient (Wildman–Crippen LogP) is 2.56. The molecule has 1 unspecified atom stereocenters. The molecule has 98 valence electrons. The highest BCUT2D eigenvalue weighted by atomic mass is 16.4. The van der Waals surface area contributed by atoms with E-state index >= 15 is 0 Å². The minimum Gasteiger partial charge on any atom is -0.480 e. The van der Waals surface area contributed by atoms with Gasteiger partial charge in [0.15, 0.2) is 0 Å². The summed E-state index contributed by atoms with van der Waals surface area (Å²) in [6, 6.07) is 7.50. The molecule has 0 saturated carbocycles. The molecule has 1 fully saturated rings. The summed E-state index contributed by atoms with van der Waals surface area (Å²) in [5.41, 5.74) is 2.06. The van der Waals surface area contributed by atoms with E-state index in [1.165, 1.54) is 18.5 Å². The van der Waals surface area contributed by atoms with Gasteiger partial charge in [0, 0.05) is 24.5 Å². The van der Waals surface area contributed by atoms with Gasteiger partial charge in [0.05, 0.1) is 0 Å². The third-order valence-corrected chi connectivity index (χ3v) is 3.36. The van der Waals surface area contributed by atoms with E-state index < -0.39 is 12.0 Å². The van der Waals surface area contributed by atoms with E-state index in [1.807, 2.05) is 25.1 Å². The topological polar surface area (TPSA) is 52.6 Å². The van der Waals surface area contributed by atoms with Crippen molar-refractivity contribution in [1.29, 1.82) is 0 Å². The van der Waals surface area contributed by atoms with Crippen LogP contribution in [0.1, 0.15) is 26.2 Å². The average molecular weight is 248 g/mol. The first-order valence-corrected chi connectivity index (χ1v) is 6.55. The number of carbonyl (C=O) groups is 1. The second-order valence-electron chi connectivity index (χ2n) is 4.69. The molecule has 2 rings (SSSR count). The van der Waals surface area contributed by atoms with Crippen molar-refractivity contribution >= 4 is 17.3 Å². The van der Waals surface area contributed by atoms with Crippen LogP contribution in [0.3, 0.4) is 0 Å². The SMILES string of the molecule is CCC(Nc1cccc(N2CCCC2)c1)C(=O)O. The highest BCUT2D eigenvalue weighted by Crippen LogP contribution is 2.23. The summed E-state index contributed by atoms with van der Waals surface area (Å²) in [6.45, 7) is 4.06. The van der Waals surface area contributed by atoms with Crippen molar-refractivity contribution in [2.75, 3.05) is 23.3 Å². The van der Waals surface area contributed by atoms with Crippen molar-refractivity contribution in [3.8, 4) is 0 Å². The van der Waals surface area contributed by atoms with Crippen LogP contribution in [0, 0.1) is 0 Å². The van der Waals surface area contributed by atoms with Crippen LogP contribution in [0.25, 0.3) is 0 Å². The number of hydrogen-bond donors (Lipinski definition) is 2. The van der Waals surface area contributed by atoms with Gasteiger partial charge in [-0.25, -0.2) is 4.79 Å². The fourth-order valence-electron chi connectivity index (χ4n) is 2.31. The molecule has 1 saturated heterocycles. The maximum Gasteiger partial charge on any atom is 0.326 e. The lowest BCUT2D eigenvalue weighted by molar-refractivity contribution is -0.137. The summed E-state index contributed by atoms with van der Waals surface area (Å²) in [5.74, 6) is -0.802. The van der Waals surface area contributed by atoms with Gasteiger partial charge in [-0.3, -0.25) is 0 Å². The Hall–Kier alpha value is -1.71. The highest BCUT2D eigenvalue weighted by molar-refractivity contribution is 5.77. The summed E-state index contributed by atoms with van der Waals surface area (Å²) in [6.07, 6.45) is 3.05. The largest absolute Gasteiger partial charge is 0.480 e. The van der Waals surface area contributed by atoms with Crippen molar-refractivity contribution in [1.82, 2.24) is 0 Å². The number of hydrogen-bond acceptors (Lipinski definition) is 3. The monoisotopic (exact) mass is 248 g/mol. The molecule has 4 nitrogen and oxygen atoms in total. The molecule has 2 N–H and O–H groups in total. The van der Waals surface area contributed by atoms with Crippen LogP contribution in [0.15, 0.2) is 24.3 Å². The Balaban J connectivity index is 2.09. The van der Waals surface area contributed by atoms with E-state index in [9.17, 15) is 4.79 Å². The molecule has 4 heteroatoms. The molecule has 0 spiro atoms. The normalized spacial score (nSPS) is 16.6. The van der Waals surface area contributed by atoms with Gasteiger partial charge in [-0.05, 0) is 37.5 Å². The molecule has 1 aliphatic rings. The minimum absolute atomic E-state index is 0.515. The first-order valence-electron chi connectivity index (χ1n) is 6.55. The Bertz CT molecular complexity index is 414. The quantitative estimate of drug-likeness (QED) is 0.841. The Morgan fingerprint density at radius 3 is 2.78 bits per heavy atom. The van der Waals surface area contributed by atoms with Gasteiger partial charge in [-0.2, -0.15) is 0 Å². The third kappa shape index (κ3) is 2.94. The van der Waals surface area contributed by atoms with E-state index in [2.05, 4.69) is 16.3 Å². The van der Waals surface area contributed by atoms with E-state index in [4.69, 9.17) is 5.11 Å². The van der Waals surface area contributed by atoms with Crippen LogP contribution in [0.5, 0.6) is 0 Å². The zero-order chi connectivity index (χ0) is 13.0. The van der Waals surface area contributed by atoms with Crippen molar-refractivity contribution in [3.05, 3.63) is 24.3 Å². The Kier molecular flexibility index (Phi) is 4.07. The zero-order valence-corrected chi connectivity index (χ0v) is 10.7. The van der Waals surface area contributed by atoms with Crippen LogP contribution in [0.4, 0.5) is 11.4 Å². The second-order valence-corrected chi connectivity index (χ2v) is 4.69. The number of nitrogens with zero attached hydrogens (tertiary/aromatic N) is 1. The average Bonchev–Trinajstić information content (AvgIpc) is 2.90. The van der Waals surface area contributed by atoms with Gasteiger partial charge in [-0.1, -0.05) is 13.0 Å². The molecule has 1 aromatic rings. The number of nitrogens with one attached hydrogen (secondary N) is 1. The maximum absolute atomic E-state index is 11.0. The van der Waals surface area contributed by atoms with Crippen molar-refractivity contribution < 1.29 is 9.90 Å². The number of aliphatic carboxylic acids is 1. The molecule has 18 heavy (non-hydrogen) atoms. The van der Waals surface area contributed by atoms with Crippen LogP contribution < -0.4 is 10.2 Å². The fourth-order valence-corrected chi connectivity index (χ4v) is 2.31. The summed E-state index contributed by atoms with van der Waals surface area (Å²) >= 11 is 0. The summed E-state index contributed by atoms with van der Waals surface area (Å²) < 4.78 is 0. The number of anilines is 2. The predicted molar refractivity (Wildman–Crippen MR) is 73.2 cm³/mol. The minimum atomic E-state index is -0.802. The zero-order valence-electron chi connectivity index (χ0n) is 10.7. The van der Waals surface area contributed by atoms with E-state index in [-0.39, 0.29) is 0 Å². The standard InChI is InChI=1S/C14H20N2O2/c1-2-13(14(17)18)15-11-6-5-7-12(10-11)16-8-3-4-9-16/h5-7,10,13,15H,2-4,8-9H2,1H3,(H,17,18). The lowest BCUT2D eigenvalue weighted by Gasteiger charge is -2.20. The summed E-state index contributed by atoms with van der Waals surface area (Å²) in [7, 11) is 0. The molecule has 0 radical (unpaired) electrons. The smallest absolute Gasteiger partial charge is 0.326 e. The van der Waals surface area contributed by atoms with Crippen molar-refractivity contribution in [2.24, 2.45) is 0 Å². The van der Waals surface area contributed by atoms with E-state index in [1.54, 1.807) is 0 Å². The van der Waals surface area contributed by atoms with Crippen molar-refractivity contribution in [3.63, 3.8) is 0 Å². The third-order valence-electron chi connectivity index (χ3n) is 3.36. The number of rotatable bonds is 5.